The molecule has 0 aliphatic carbocycles. The molecule has 0 radical (unpaired) electrons. The van der Waals surface area contributed by atoms with E-state index in [-0.39, 0.29) is 5.97 Å². The Labute approximate surface area is 124 Å². The lowest BCUT2D eigenvalue weighted by Crippen LogP contribution is -2.10. The molecule has 100 valence electrons. The van der Waals surface area contributed by atoms with Gasteiger partial charge in [0.1, 0.15) is 0 Å². The normalized spacial score (nSPS) is 10.5. The lowest BCUT2D eigenvalue weighted by atomic mass is 10.2. The first-order valence-electron chi connectivity index (χ1n) is 5.93. The van der Waals surface area contributed by atoms with Gasteiger partial charge in [0.05, 0.1) is 22.7 Å². The zero-order valence-electron chi connectivity index (χ0n) is 10.6. The molecule has 4 nitrogen and oxygen atoms in total. The van der Waals surface area contributed by atoms with Crippen LogP contribution in [-0.4, -0.2) is 22.5 Å². The quantitative estimate of drug-likeness (QED) is 0.796. The van der Waals surface area contributed by atoms with E-state index in [0.717, 1.165) is 9.35 Å². The third-order valence-electron chi connectivity index (χ3n) is 2.49. The Bertz CT molecular complexity index is 598. The lowest BCUT2D eigenvalue weighted by Gasteiger charge is -2.07. The van der Waals surface area contributed by atoms with E-state index in [0.29, 0.717) is 30.1 Å². The summed E-state index contributed by atoms with van der Waals surface area (Å²) in [4.78, 5) is 21.4. The number of rotatable bonds is 4. The molecule has 0 aromatic carbocycles. The van der Waals surface area contributed by atoms with Crippen LogP contribution in [-0.2, 0) is 11.2 Å². The predicted molar refractivity (Wildman–Crippen MR) is 78.4 cm³/mol. The van der Waals surface area contributed by atoms with E-state index in [4.69, 9.17) is 4.74 Å². The number of halogens is 1. The van der Waals surface area contributed by atoms with E-state index < -0.39 is 0 Å². The van der Waals surface area contributed by atoms with Gasteiger partial charge in [-0.2, -0.15) is 0 Å². The van der Waals surface area contributed by atoms with Crippen LogP contribution in [0.4, 0.5) is 0 Å². The van der Waals surface area contributed by atoms with Crippen LogP contribution < -0.4 is 0 Å². The van der Waals surface area contributed by atoms with E-state index in [2.05, 4.69) is 25.9 Å². The molecule has 0 saturated carbocycles. The summed E-state index contributed by atoms with van der Waals surface area (Å²) in [7, 11) is 0. The Kier molecular flexibility index (Phi) is 4.66. The number of hydrogen-bond acceptors (Lipinski definition) is 5. The largest absolute Gasteiger partial charge is 0.462 e. The molecule has 0 spiro atoms. The van der Waals surface area contributed by atoms with E-state index >= 15 is 0 Å². The van der Waals surface area contributed by atoms with Gasteiger partial charge >= 0.3 is 5.97 Å². The monoisotopic (exact) mass is 340 g/mol. The van der Waals surface area contributed by atoms with E-state index in [9.17, 15) is 4.79 Å². The molecule has 0 amide bonds. The highest BCUT2D eigenvalue weighted by atomic mass is 79.9. The molecular weight excluding hydrogens is 328 g/mol. The van der Waals surface area contributed by atoms with Crippen molar-refractivity contribution in [1.82, 2.24) is 9.97 Å². The summed E-state index contributed by atoms with van der Waals surface area (Å²) in [5.74, 6) is 0.277. The molecule has 2 aromatic heterocycles. The third-order valence-corrected chi connectivity index (χ3v) is 4.17. The Morgan fingerprint density at radius 2 is 2.26 bits per heavy atom. The van der Waals surface area contributed by atoms with Gasteiger partial charge < -0.3 is 4.74 Å². The van der Waals surface area contributed by atoms with Crippen LogP contribution >= 0.6 is 27.3 Å². The molecule has 0 aliphatic heterocycles. The van der Waals surface area contributed by atoms with E-state index in [1.165, 1.54) is 0 Å². The van der Waals surface area contributed by atoms with Gasteiger partial charge in [-0.25, -0.2) is 14.8 Å². The van der Waals surface area contributed by atoms with Gasteiger partial charge in [0, 0.05) is 16.0 Å². The Morgan fingerprint density at radius 3 is 2.84 bits per heavy atom. The van der Waals surface area contributed by atoms with Gasteiger partial charge in [-0.1, -0.05) is 6.92 Å². The molecule has 6 heteroatoms. The maximum Gasteiger partial charge on any atom is 0.341 e. The summed E-state index contributed by atoms with van der Waals surface area (Å²) >= 11 is 4.96. The minimum atomic E-state index is -0.363. The molecular formula is C13H13BrN2O2S. The second-order valence-corrected chi connectivity index (χ2v) is 5.58. The first kappa shape index (κ1) is 14.1. The van der Waals surface area contributed by atoms with Gasteiger partial charge in [0.15, 0.2) is 5.82 Å². The fourth-order valence-electron chi connectivity index (χ4n) is 1.62. The van der Waals surface area contributed by atoms with Crippen molar-refractivity contribution < 1.29 is 9.53 Å². The van der Waals surface area contributed by atoms with Gasteiger partial charge in [0.25, 0.3) is 0 Å². The Hall–Kier alpha value is -1.27. The molecule has 0 fully saturated rings. The number of thiophene rings is 1. The maximum absolute atomic E-state index is 11.8. The minimum Gasteiger partial charge on any atom is -0.462 e. The van der Waals surface area contributed by atoms with Crippen molar-refractivity contribution in [3.8, 4) is 10.7 Å². The van der Waals surface area contributed by atoms with Gasteiger partial charge in [0.2, 0.25) is 0 Å². The topological polar surface area (TPSA) is 52.1 Å². The lowest BCUT2D eigenvalue weighted by molar-refractivity contribution is 0.0524. The summed E-state index contributed by atoms with van der Waals surface area (Å²) in [5.41, 5.74) is 1.16. The smallest absolute Gasteiger partial charge is 0.341 e. The third kappa shape index (κ3) is 3.19. The molecule has 0 aliphatic rings. The highest BCUT2D eigenvalue weighted by Crippen LogP contribution is 2.27. The zero-order valence-corrected chi connectivity index (χ0v) is 13.0. The fraction of sp³-hybridized carbons (Fsp3) is 0.308. The number of aromatic nitrogens is 2. The Morgan fingerprint density at radius 1 is 1.47 bits per heavy atom. The van der Waals surface area contributed by atoms with Crippen LogP contribution in [0.5, 0.6) is 0 Å². The average Bonchev–Trinajstić information content (AvgIpc) is 2.85. The molecule has 2 aromatic rings. The summed E-state index contributed by atoms with van der Waals surface area (Å²) in [6.45, 7) is 4.09. The summed E-state index contributed by atoms with van der Waals surface area (Å²) < 4.78 is 6.00. The van der Waals surface area contributed by atoms with E-state index in [1.54, 1.807) is 24.5 Å². The number of ether oxygens (including phenoxy) is 1. The highest BCUT2D eigenvalue weighted by Gasteiger charge is 2.15. The average molecular weight is 341 g/mol. The van der Waals surface area contributed by atoms with Crippen molar-refractivity contribution in [2.75, 3.05) is 6.61 Å². The van der Waals surface area contributed by atoms with Crippen LogP contribution in [0.25, 0.3) is 10.7 Å². The second kappa shape index (κ2) is 6.25. The number of carbonyl (C=O) groups is 1. The number of esters is 1. The SMILES string of the molecule is CCOC(=O)c1cnc(-c2cc(Br)cs2)nc1CC. The van der Waals surface area contributed by atoms with Crippen molar-refractivity contribution in [2.24, 2.45) is 0 Å². The van der Waals surface area contributed by atoms with Crippen LogP contribution in [0.2, 0.25) is 0 Å². The van der Waals surface area contributed by atoms with Crippen molar-refractivity contribution in [1.29, 1.82) is 0 Å². The number of carbonyl (C=O) groups excluding carboxylic acids is 1. The number of hydrogen-bond donors (Lipinski definition) is 0. The molecule has 0 bridgehead atoms. The predicted octanol–water partition coefficient (Wildman–Crippen LogP) is 3.71. The van der Waals surface area contributed by atoms with Gasteiger partial charge in [-0.15, -0.1) is 11.3 Å². The molecule has 2 rings (SSSR count). The highest BCUT2D eigenvalue weighted by molar-refractivity contribution is 9.10. The van der Waals surface area contributed by atoms with Crippen LogP contribution in [0, 0.1) is 0 Å². The summed E-state index contributed by atoms with van der Waals surface area (Å²) in [6, 6.07) is 1.96. The summed E-state index contributed by atoms with van der Waals surface area (Å²) in [6.07, 6.45) is 2.21. The van der Waals surface area contributed by atoms with Crippen molar-refractivity contribution in [2.45, 2.75) is 20.3 Å². The van der Waals surface area contributed by atoms with E-state index in [1.807, 2.05) is 18.4 Å². The number of nitrogens with zero attached hydrogens (tertiary/aromatic N) is 2. The molecule has 0 saturated heterocycles. The number of aryl methyl sites for hydroxylation is 1. The van der Waals surface area contributed by atoms with Crippen molar-refractivity contribution in [3.63, 3.8) is 0 Å². The molecule has 0 unspecified atom stereocenters. The zero-order chi connectivity index (χ0) is 13.8. The fourth-order valence-corrected chi connectivity index (χ4v) is 2.98. The molecule has 2 heterocycles. The van der Waals surface area contributed by atoms with Crippen LogP contribution in [0.15, 0.2) is 22.1 Å². The Balaban J connectivity index is 2.38. The van der Waals surface area contributed by atoms with Gasteiger partial charge in [-0.05, 0) is 35.3 Å². The molecule has 0 N–H and O–H groups in total. The van der Waals surface area contributed by atoms with Crippen molar-refractivity contribution in [3.05, 3.63) is 33.4 Å². The van der Waals surface area contributed by atoms with Gasteiger partial charge in [-0.3, -0.25) is 0 Å². The van der Waals surface area contributed by atoms with Crippen LogP contribution in [0.1, 0.15) is 29.9 Å². The minimum absolute atomic E-state index is 0.349. The standard InChI is InChI=1S/C13H13BrN2O2S/c1-3-10-9(13(17)18-4-2)6-15-12(16-10)11-5-8(14)7-19-11/h5-7H,3-4H2,1-2H3. The van der Waals surface area contributed by atoms with Crippen molar-refractivity contribution >= 4 is 33.2 Å². The maximum atomic E-state index is 11.8. The second-order valence-electron chi connectivity index (χ2n) is 3.76. The van der Waals surface area contributed by atoms with Crippen LogP contribution in [0.3, 0.4) is 0 Å². The first-order chi connectivity index (χ1) is 9.15. The summed E-state index contributed by atoms with van der Waals surface area (Å²) in [5, 5.41) is 1.98. The molecule has 19 heavy (non-hydrogen) atoms. The first-order valence-corrected chi connectivity index (χ1v) is 7.60. The molecule has 0 atom stereocenters.